The number of aromatic nitrogens is 2. The molecule has 1 aliphatic rings. The molecular formula is C25H29N3O2. The van der Waals surface area contributed by atoms with Gasteiger partial charge in [-0.15, -0.1) is 0 Å². The van der Waals surface area contributed by atoms with Crippen LogP contribution in [0.2, 0.25) is 0 Å². The molecule has 2 aromatic carbocycles. The maximum absolute atomic E-state index is 11.7. The van der Waals surface area contributed by atoms with Gasteiger partial charge in [-0.1, -0.05) is 42.5 Å². The van der Waals surface area contributed by atoms with Gasteiger partial charge in [0.25, 0.3) is 0 Å². The van der Waals surface area contributed by atoms with E-state index in [-0.39, 0.29) is 5.97 Å². The molecule has 3 aromatic rings. The number of nitrogens with one attached hydrogen (secondary N) is 1. The average Bonchev–Trinajstić information content (AvgIpc) is 3.43. The lowest BCUT2D eigenvalue weighted by molar-refractivity contribution is 0.0526. The maximum Gasteiger partial charge on any atom is 0.338 e. The number of rotatable bonds is 10. The van der Waals surface area contributed by atoms with Crippen molar-refractivity contribution in [2.24, 2.45) is 0 Å². The average molecular weight is 404 g/mol. The van der Waals surface area contributed by atoms with Crippen LogP contribution in [0.3, 0.4) is 0 Å². The van der Waals surface area contributed by atoms with Crippen molar-refractivity contribution in [1.82, 2.24) is 14.9 Å². The van der Waals surface area contributed by atoms with Crippen molar-refractivity contribution in [3.8, 4) is 0 Å². The molecule has 30 heavy (non-hydrogen) atoms. The molecule has 1 heterocycles. The Labute approximate surface area is 178 Å². The van der Waals surface area contributed by atoms with Crippen LogP contribution < -0.4 is 5.32 Å². The van der Waals surface area contributed by atoms with Gasteiger partial charge in [-0.25, -0.2) is 9.78 Å². The van der Waals surface area contributed by atoms with E-state index in [1.165, 1.54) is 17.5 Å². The molecule has 2 unspecified atom stereocenters. The van der Waals surface area contributed by atoms with Gasteiger partial charge in [0.2, 0.25) is 0 Å². The van der Waals surface area contributed by atoms with Crippen molar-refractivity contribution in [2.45, 2.75) is 51.2 Å². The maximum atomic E-state index is 11.7. The standard InChI is InChI=1S/C25H29N3O2/c1-2-30-25(29)21-12-10-19(11-13-21)7-6-14-28-17-22(27-18-28)16-26-24-15-23(24)20-8-4-3-5-9-20/h3-5,8-13,17-18,23-24,26H,2,6-7,14-16H2,1H3. The highest BCUT2D eigenvalue weighted by atomic mass is 16.5. The normalized spacial score (nSPS) is 17.6. The first-order chi connectivity index (χ1) is 14.7. The van der Waals surface area contributed by atoms with Crippen molar-refractivity contribution < 1.29 is 9.53 Å². The second kappa shape index (κ2) is 9.72. The van der Waals surface area contributed by atoms with Gasteiger partial charge in [0.1, 0.15) is 0 Å². The zero-order valence-corrected chi connectivity index (χ0v) is 17.5. The smallest absolute Gasteiger partial charge is 0.338 e. The number of carbonyl (C=O) groups excluding carboxylic acids is 1. The molecular weight excluding hydrogens is 374 g/mol. The van der Waals surface area contributed by atoms with E-state index in [2.05, 4.69) is 51.4 Å². The van der Waals surface area contributed by atoms with Crippen molar-refractivity contribution in [3.63, 3.8) is 0 Å². The molecule has 0 amide bonds. The Morgan fingerprint density at radius 3 is 2.73 bits per heavy atom. The predicted octanol–water partition coefficient (Wildman–Crippen LogP) is 4.34. The first-order valence-corrected chi connectivity index (χ1v) is 10.8. The predicted molar refractivity (Wildman–Crippen MR) is 117 cm³/mol. The second-order valence-electron chi connectivity index (χ2n) is 7.86. The molecule has 1 N–H and O–H groups in total. The SMILES string of the molecule is CCOC(=O)c1ccc(CCCn2cnc(CNC3CC3c3ccccc3)c2)cc1. The van der Waals surface area contributed by atoms with E-state index < -0.39 is 0 Å². The van der Waals surface area contributed by atoms with Crippen LogP contribution in [0.5, 0.6) is 0 Å². The number of hydrogen-bond donors (Lipinski definition) is 1. The molecule has 0 aliphatic heterocycles. The Hall–Kier alpha value is -2.92. The summed E-state index contributed by atoms with van der Waals surface area (Å²) in [4.78, 5) is 16.2. The van der Waals surface area contributed by atoms with Crippen LogP contribution >= 0.6 is 0 Å². The lowest BCUT2D eigenvalue weighted by Crippen LogP contribution is -2.17. The highest BCUT2D eigenvalue weighted by Crippen LogP contribution is 2.40. The molecule has 1 aliphatic carbocycles. The third-order valence-electron chi connectivity index (χ3n) is 5.60. The second-order valence-corrected chi connectivity index (χ2v) is 7.86. The van der Waals surface area contributed by atoms with Gasteiger partial charge in [0.05, 0.1) is 24.2 Å². The van der Waals surface area contributed by atoms with Crippen molar-refractivity contribution in [3.05, 3.63) is 89.5 Å². The monoisotopic (exact) mass is 403 g/mol. The highest BCUT2D eigenvalue weighted by Gasteiger charge is 2.37. The van der Waals surface area contributed by atoms with Gasteiger partial charge < -0.3 is 14.6 Å². The van der Waals surface area contributed by atoms with Crippen LogP contribution in [0.1, 0.15) is 52.9 Å². The van der Waals surface area contributed by atoms with E-state index in [0.717, 1.165) is 31.6 Å². The molecule has 1 fully saturated rings. The fourth-order valence-electron chi connectivity index (χ4n) is 3.83. The number of aryl methyl sites for hydroxylation is 2. The Morgan fingerprint density at radius 2 is 1.97 bits per heavy atom. The quantitative estimate of drug-likeness (QED) is 0.512. The van der Waals surface area contributed by atoms with E-state index in [4.69, 9.17) is 4.74 Å². The number of carbonyl (C=O) groups is 1. The summed E-state index contributed by atoms with van der Waals surface area (Å²) in [6.45, 7) is 3.97. The fourth-order valence-corrected chi connectivity index (χ4v) is 3.83. The minimum absolute atomic E-state index is 0.259. The molecule has 1 saturated carbocycles. The zero-order chi connectivity index (χ0) is 20.8. The van der Waals surface area contributed by atoms with Crippen LogP contribution in [-0.2, 0) is 24.2 Å². The molecule has 2 atom stereocenters. The number of hydrogen-bond acceptors (Lipinski definition) is 4. The van der Waals surface area contributed by atoms with Gasteiger partial charge in [-0.2, -0.15) is 0 Å². The van der Waals surface area contributed by atoms with E-state index in [1.54, 1.807) is 0 Å². The summed E-state index contributed by atoms with van der Waals surface area (Å²) in [6.07, 6.45) is 7.26. The summed E-state index contributed by atoms with van der Waals surface area (Å²) in [7, 11) is 0. The van der Waals surface area contributed by atoms with E-state index >= 15 is 0 Å². The molecule has 0 radical (unpaired) electrons. The molecule has 156 valence electrons. The van der Waals surface area contributed by atoms with Crippen LogP contribution in [0.4, 0.5) is 0 Å². The van der Waals surface area contributed by atoms with E-state index in [0.29, 0.717) is 24.1 Å². The molecule has 1 aromatic heterocycles. The third kappa shape index (κ3) is 5.36. The summed E-state index contributed by atoms with van der Waals surface area (Å²) in [6, 6.07) is 19.0. The van der Waals surface area contributed by atoms with Gasteiger partial charge in [0.15, 0.2) is 0 Å². The number of nitrogens with zero attached hydrogens (tertiary/aromatic N) is 2. The van der Waals surface area contributed by atoms with E-state index in [9.17, 15) is 4.79 Å². The van der Waals surface area contributed by atoms with Crippen LogP contribution in [0.15, 0.2) is 67.1 Å². The number of imidazole rings is 1. The highest BCUT2D eigenvalue weighted by molar-refractivity contribution is 5.89. The van der Waals surface area contributed by atoms with Crippen LogP contribution in [0.25, 0.3) is 0 Å². The zero-order valence-electron chi connectivity index (χ0n) is 17.5. The summed E-state index contributed by atoms with van der Waals surface area (Å²) < 4.78 is 7.18. The molecule has 0 saturated heterocycles. The van der Waals surface area contributed by atoms with Crippen molar-refractivity contribution in [1.29, 1.82) is 0 Å². The first kappa shape index (κ1) is 20.4. The van der Waals surface area contributed by atoms with Crippen LogP contribution in [-0.4, -0.2) is 28.2 Å². The summed E-state index contributed by atoms with van der Waals surface area (Å²) in [5.74, 6) is 0.383. The largest absolute Gasteiger partial charge is 0.462 e. The minimum atomic E-state index is -0.259. The first-order valence-electron chi connectivity index (χ1n) is 10.8. The summed E-state index contributed by atoms with van der Waals surface area (Å²) >= 11 is 0. The Balaban J connectivity index is 1.18. The molecule has 5 nitrogen and oxygen atoms in total. The van der Waals surface area contributed by atoms with Gasteiger partial charge in [-0.3, -0.25) is 0 Å². The lowest BCUT2D eigenvalue weighted by atomic mass is 10.1. The van der Waals surface area contributed by atoms with Gasteiger partial charge in [-0.05, 0) is 49.4 Å². The lowest BCUT2D eigenvalue weighted by Gasteiger charge is -2.05. The molecule has 5 heteroatoms. The Morgan fingerprint density at radius 1 is 1.17 bits per heavy atom. The van der Waals surface area contributed by atoms with Gasteiger partial charge in [0, 0.05) is 31.2 Å². The number of benzene rings is 2. The molecule has 0 bridgehead atoms. The number of ether oxygens (including phenoxy) is 1. The topological polar surface area (TPSA) is 56.2 Å². The van der Waals surface area contributed by atoms with Crippen molar-refractivity contribution in [2.75, 3.05) is 6.61 Å². The molecule has 0 spiro atoms. The summed E-state index contributed by atoms with van der Waals surface area (Å²) in [5, 5.41) is 3.63. The Kier molecular flexibility index (Phi) is 6.60. The number of esters is 1. The Bertz CT molecular complexity index is 950. The fraction of sp³-hybridized carbons (Fsp3) is 0.360. The summed E-state index contributed by atoms with van der Waals surface area (Å²) in [5.41, 5.74) is 4.35. The third-order valence-corrected chi connectivity index (χ3v) is 5.60. The van der Waals surface area contributed by atoms with Gasteiger partial charge >= 0.3 is 5.97 Å². The van der Waals surface area contributed by atoms with Crippen molar-refractivity contribution >= 4 is 5.97 Å². The minimum Gasteiger partial charge on any atom is -0.462 e. The van der Waals surface area contributed by atoms with E-state index in [1.807, 2.05) is 37.5 Å². The molecule has 4 rings (SSSR count). The van der Waals surface area contributed by atoms with Crippen LogP contribution in [0, 0.1) is 0 Å².